The van der Waals surface area contributed by atoms with Crippen LogP contribution in [0.4, 0.5) is 0 Å². The lowest BCUT2D eigenvalue weighted by Crippen LogP contribution is -2.52. The number of piperidine rings is 1. The van der Waals surface area contributed by atoms with Crippen molar-refractivity contribution in [1.82, 2.24) is 14.8 Å². The summed E-state index contributed by atoms with van der Waals surface area (Å²) in [6, 6.07) is 4.51. The molecule has 0 bridgehead atoms. The second kappa shape index (κ2) is 4.92. The molecule has 1 saturated heterocycles. The van der Waals surface area contributed by atoms with E-state index in [1.54, 1.807) is 0 Å². The topological polar surface area (TPSA) is 37.3 Å². The van der Waals surface area contributed by atoms with Crippen LogP contribution in [0.3, 0.4) is 0 Å². The second-order valence-electron chi connectivity index (χ2n) is 6.57. The van der Waals surface area contributed by atoms with E-state index in [4.69, 9.17) is 0 Å². The van der Waals surface area contributed by atoms with Crippen LogP contribution >= 0.6 is 0 Å². The fraction of sp³-hybridized carbons (Fsp3) is 0.688. The fourth-order valence-electron chi connectivity index (χ4n) is 3.68. The van der Waals surface area contributed by atoms with Crippen LogP contribution in [0.15, 0.2) is 12.1 Å². The van der Waals surface area contributed by atoms with Gasteiger partial charge in [-0.1, -0.05) is 0 Å². The van der Waals surface area contributed by atoms with Crippen molar-refractivity contribution in [2.75, 3.05) is 19.6 Å². The predicted octanol–water partition coefficient (Wildman–Crippen LogP) is 2.09. The van der Waals surface area contributed by atoms with Gasteiger partial charge in [0.25, 0.3) is 0 Å². The Morgan fingerprint density at radius 3 is 2.90 bits per heavy atom. The number of amides is 1. The lowest BCUT2D eigenvalue weighted by molar-refractivity contribution is -0.145. The van der Waals surface area contributed by atoms with Crippen LogP contribution in [-0.2, 0) is 11.3 Å². The fourth-order valence-corrected chi connectivity index (χ4v) is 3.68. The number of hydrogen-bond acceptors (Lipinski definition) is 2. The molecular formula is C16H25N3O. The molecule has 1 aromatic rings. The number of carbonyl (C=O) groups excluding carboxylic acids is 1. The molecule has 0 saturated carbocycles. The largest absolute Gasteiger partial charge is 0.345 e. The quantitative estimate of drug-likeness (QED) is 0.852. The minimum absolute atomic E-state index is 0.184. The predicted molar refractivity (Wildman–Crippen MR) is 79.5 cm³/mol. The van der Waals surface area contributed by atoms with Gasteiger partial charge in [-0.05, 0) is 52.3 Å². The van der Waals surface area contributed by atoms with Crippen LogP contribution in [0.5, 0.6) is 0 Å². The minimum Gasteiger partial charge on any atom is -0.345 e. The van der Waals surface area contributed by atoms with Gasteiger partial charge in [-0.15, -0.1) is 0 Å². The van der Waals surface area contributed by atoms with E-state index in [-0.39, 0.29) is 11.5 Å². The molecule has 2 unspecified atom stereocenters. The van der Waals surface area contributed by atoms with E-state index >= 15 is 0 Å². The molecule has 0 aliphatic carbocycles. The van der Waals surface area contributed by atoms with E-state index in [1.807, 2.05) is 0 Å². The molecule has 1 N–H and O–H groups in total. The number of carbonyl (C=O) groups is 1. The Bertz CT molecular complexity index is 514. The Morgan fingerprint density at radius 1 is 1.40 bits per heavy atom. The van der Waals surface area contributed by atoms with E-state index in [2.05, 4.69) is 47.7 Å². The summed E-state index contributed by atoms with van der Waals surface area (Å²) in [4.78, 5) is 15.1. The zero-order valence-corrected chi connectivity index (χ0v) is 12.8. The Hall–Kier alpha value is -1.29. The van der Waals surface area contributed by atoms with Gasteiger partial charge in [0.15, 0.2) is 0 Å². The van der Waals surface area contributed by atoms with Gasteiger partial charge >= 0.3 is 0 Å². The molecule has 1 amide bonds. The summed E-state index contributed by atoms with van der Waals surface area (Å²) in [6.45, 7) is 10.0. The zero-order chi connectivity index (χ0) is 14.3. The molecule has 2 atom stereocenters. The van der Waals surface area contributed by atoms with E-state index in [0.717, 1.165) is 39.0 Å². The Morgan fingerprint density at radius 2 is 2.20 bits per heavy atom. The highest BCUT2D eigenvalue weighted by Gasteiger charge is 2.40. The lowest BCUT2D eigenvalue weighted by Gasteiger charge is -2.42. The average Bonchev–Trinajstić information content (AvgIpc) is 2.82. The molecule has 110 valence electrons. The van der Waals surface area contributed by atoms with Gasteiger partial charge in [0.1, 0.15) is 0 Å². The molecule has 20 heavy (non-hydrogen) atoms. The molecule has 0 aromatic carbocycles. The molecule has 0 spiro atoms. The van der Waals surface area contributed by atoms with Gasteiger partial charge < -0.3 is 14.8 Å². The number of fused-ring (bicyclic) bond motifs is 1. The first kappa shape index (κ1) is 13.7. The number of rotatable bonds is 1. The summed E-state index contributed by atoms with van der Waals surface area (Å²) in [7, 11) is 0. The normalized spacial score (nSPS) is 30.1. The molecular weight excluding hydrogens is 250 g/mol. The third-order valence-corrected chi connectivity index (χ3v) is 5.07. The molecule has 3 heterocycles. The van der Waals surface area contributed by atoms with Crippen molar-refractivity contribution in [3.8, 4) is 0 Å². The smallest absolute Gasteiger partial charge is 0.230 e. The van der Waals surface area contributed by atoms with Crippen molar-refractivity contribution < 1.29 is 4.79 Å². The first-order valence-electron chi connectivity index (χ1n) is 7.71. The first-order valence-corrected chi connectivity index (χ1v) is 7.71. The molecule has 2 aliphatic heterocycles. The van der Waals surface area contributed by atoms with E-state index in [9.17, 15) is 4.79 Å². The third-order valence-electron chi connectivity index (χ3n) is 5.07. The number of aromatic nitrogens is 1. The molecule has 0 radical (unpaired) electrons. The van der Waals surface area contributed by atoms with E-state index in [0.29, 0.717) is 5.91 Å². The standard InChI is InChI=1S/C16H25N3O/c1-12-5-6-14-13(2)19(10-9-18(12)14)15(20)16(3)7-4-8-17-11-16/h5-6,13,17H,4,7-11H2,1-3H3. The van der Waals surface area contributed by atoms with Gasteiger partial charge in [0, 0.05) is 31.0 Å². The van der Waals surface area contributed by atoms with Gasteiger partial charge in [-0.2, -0.15) is 0 Å². The van der Waals surface area contributed by atoms with Crippen LogP contribution < -0.4 is 5.32 Å². The van der Waals surface area contributed by atoms with Crippen molar-refractivity contribution in [3.05, 3.63) is 23.5 Å². The van der Waals surface area contributed by atoms with Crippen molar-refractivity contribution in [1.29, 1.82) is 0 Å². The van der Waals surface area contributed by atoms with Gasteiger partial charge in [-0.3, -0.25) is 4.79 Å². The summed E-state index contributed by atoms with van der Waals surface area (Å²) in [6.07, 6.45) is 2.10. The molecule has 4 nitrogen and oxygen atoms in total. The van der Waals surface area contributed by atoms with Crippen molar-refractivity contribution >= 4 is 5.91 Å². The third kappa shape index (κ3) is 2.06. The lowest BCUT2D eigenvalue weighted by atomic mass is 9.81. The zero-order valence-electron chi connectivity index (χ0n) is 12.8. The maximum atomic E-state index is 13.0. The van der Waals surface area contributed by atoms with Crippen LogP contribution in [0.2, 0.25) is 0 Å². The van der Waals surface area contributed by atoms with Crippen LogP contribution in [0, 0.1) is 12.3 Å². The van der Waals surface area contributed by atoms with Crippen LogP contribution in [0.1, 0.15) is 44.1 Å². The molecule has 3 rings (SSSR count). The SMILES string of the molecule is Cc1ccc2n1CCN(C(=O)C1(C)CCCNC1)C2C. The summed E-state index contributed by atoms with van der Waals surface area (Å²) in [5.41, 5.74) is 2.34. The average molecular weight is 275 g/mol. The molecule has 2 aliphatic rings. The highest BCUT2D eigenvalue weighted by Crippen LogP contribution is 2.34. The Balaban J connectivity index is 1.83. The highest BCUT2D eigenvalue weighted by molar-refractivity contribution is 5.83. The summed E-state index contributed by atoms with van der Waals surface area (Å²) >= 11 is 0. The maximum absolute atomic E-state index is 13.0. The Kier molecular flexibility index (Phi) is 3.36. The molecule has 1 aromatic heterocycles. The van der Waals surface area contributed by atoms with E-state index in [1.165, 1.54) is 11.4 Å². The second-order valence-corrected chi connectivity index (χ2v) is 6.57. The maximum Gasteiger partial charge on any atom is 0.230 e. The van der Waals surface area contributed by atoms with Crippen molar-refractivity contribution in [3.63, 3.8) is 0 Å². The molecule has 4 heteroatoms. The van der Waals surface area contributed by atoms with Gasteiger partial charge in [0.2, 0.25) is 5.91 Å². The number of aryl methyl sites for hydroxylation is 1. The minimum atomic E-state index is -0.226. The molecule has 1 fully saturated rings. The summed E-state index contributed by atoms with van der Waals surface area (Å²) < 4.78 is 2.34. The van der Waals surface area contributed by atoms with Crippen molar-refractivity contribution in [2.45, 2.75) is 46.2 Å². The summed E-state index contributed by atoms with van der Waals surface area (Å²) in [5.74, 6) is 0.322. The monoisotopic (exact) mass is 275 g/mol. The van der Waals surface area contributed by atoms with Gasteiger partial charge in [-0.25, -0.2) is 0 Å². The Labute approximate surface area is 121 Å². The highest BCUT2D eigenvalue weighted by atomic mass is 16.2. The van der Waals surface area contributed by atoms with Crippen molar-refractivity contribution in [2.24, 2.45) is 5.41 Å². The summed E-state index contributed by atoms with van der Waals surface area (Å²) in [5, 5.41) is 3.38. The van der Waals surface area contributed by atoms with Crippen LogP contribution in [0.25, 0.3) is 0 Å². The first-order chi connectivity index (χ1) is 9.53. The number of nitrogens with one attached hydrogen (secondary N) is 1. The van der Waals surface area contributed by atoms with Gasteiger partial charge in [0.05, 0.1) is 11.5 Å². The number of nitrogens with zero attached hydrogens (tertiary/aromatic N) is 2. The number of hydrogen-bond donors (Lipinski definition) is 1. The van der Waals surface area contributed by atoms with Crippen LogP contribution in [-0.4, -0.2) is 35.0 Å². The van der Waals surface area contributed by atoms with E-state index < -0.39 is 0 Å².